The van der Waals surface area contributed by atoms with Crippen molar-refractivity contribution in [3.8, 4) is 11.4 Å². The fourth-order valence-electron chi connectivity index (χ4n) is 3.64. The summed E-state index contributed by atoms with van der Waals surface area (Å²) in [7, 11) is 0. The van der Waals surface area contributed by atoms with E-state index in [0.717, 1.165) is 41.8 Å². The third kappa shape index (κ3) is 5.00. The average molecular weight is 394 g/mol. The van der Waals surface area contributed by atoms with Crippen molar-refractivity contribution in [2.75, 3.05) is 25.4 Å². The SMILES string of the molecule is c1ccc(CCn2c(SCCN3CCCCC3)nnc2-c2cccnc2)cc1. The lowest BCUT2D eigenvalue weighted by atomic mass is 10.1. The number of hydrogen-bond donors (Lipinski definition) is 0. The van der Waals surface area contributed by atoms with Crippen LogP contribution in [0.2, 0.25) is 0 Å². The van der Waals surface area contributed by atoms with Gasteiger partial charge in [0.25, 0.3) is 0 Å². The van der Waals surface area contributed by atoms with E-state index in [-0.39, 0.29) is 0 Å². The molecule has 0 spiro atoms. The summed E-state index contributed by atoms with van der Waals surface area (Å²) >= 11 is 1.82. The Morgan fingerprint density at radius 3 is 2.54 bits per heavy atom. The summed E-state index contributed by atoms with van der Waals surface area (Å²) in [6.45, 7) is 4.47. The Labute approximate surface area is 171 Å². The fourth-order valence-corrected chi connectivity index (χ4v) is 4.60. The Balaban J connectivity index is 1.47. The zero-order chi connectivity index (χ0) is 19.0. The Morgan fingerprint density at radius 1 is 0.893 bits per heavy atom. The van der Waals surface area contributed by atoms with E-state index < -0.39 is 0 Å². The second kappa shape index (κ2) is 9.85. The van der Waals surface area contributed by atoms with Gasteiger partial charge in [-0.05, 0) is 50.0 Å². The maximum Gasteiger partial charge on any atom is 0.191 e. The summed E-state index contributed by atoms with van der Waals surface area (Å²) < 4.78 is 2.25. The highest BCUT2D eigenvalue weighted by Crippen LogP contribution is 2.24. The second-order valence-corrected chi connectivity index (χ2v) is 8.25. The van der Waals surface area contributed by atoms with Gasteiger partial charge in [0.15, 0.2) is 11.0 Å². The van der Waals surface area contributed by atoms with Crippen molar-refractivity contribution in [1.29, 1.82) is 0 Å². The number of benzene rings is 1. The van der Waals surface area contributed by atoms with Crippen molar-refractivity contribution in [1.82, 2.24) is 24.6 Å². The summed E-state index contributed by atoms with van der Waals surface area (Å²) in [6.07, 6.45) is 8.68. The molecule has 3 aromatic rings. The maximum absolute atomic E-state index is 4.52. The van der Waals surface area contributed by atoms with Crippen LogP contribution >= 0.6 is 11.8 Å². The van der Waals surface area contributed by atoms with Crippen LogP contribution in [0.25, 0.3) is 11.4 Å². The maximum atomic E-state index is 4.52. The van der Waals surface area contributed by atoms with Crippen LogP contribution < -0.4 is 0 Å². The van der Waals surface area contributed by atoms with E-state index in [9.17, 15) is 0 Å². The topological polar surface area (TPSA) is 46.8 Å². The number of likely N-dealkylation sites (tertiary alicyclic amines) is 1. The van der Waals surface area contributed by atoms with Gasteiger partial charge in [-0.3, -0.25) is 4.98 Å². The Kier molecular flexibility index (Phi) is 6.73. The molecule has 0 amide bonds. The Hall–Kier alpha value is -2.18. The minimum Gasteiger partial charge on any atom is -0.303 e. The van der Waals surface area contributed by atoms with Crippen LogP contribution in [0.4, 0.5) is 0 Å². The molecule has 0 aliphatic carbocycles. The zero-order valence-corrected chi connectivity index (χ0v) is 17.0. The minimum atomic E-state index is 0.868. The van der Waals surface area contributed by atoms with E-state index in [0.29, 0.717) is 0 Å². The van der Waals surface area contributed by atoms with Gasteiger partial charge in [-0.2, -0.15) is 0 Å². The fraction of sp³-hybridized carbons (Fsp3) is 0.409. The van der Waals surface area contributed by atoms with Gasteiger partial charge in [-0.1, -0.05) is 48.5 Å². The predicted octanol–water partition coefficient (Wildman–Crippen LogP) is 4.16. The summed E-state index contributed by atoms with van der Waals surface area (Å²) in [5, 5.41) is 10.0. The predicted molar refractivity (Wildman–Crippen MR) is 114 cm³/mol. The molecule has 2 aromatic heterocycles. The summed E-state index contributed by atoms with van der Waals surface area (Å²) in [6, 6.07) is 14.6. The second-order valence-electron chi connectivity index (χ2n) is 7.19. The van der Waals surface area contributed by atoms with Crippen molar-refractivity contribution in [2.45, 2.75) is 37.4 Å². The quantitative estimate of drug-likeness (QED) is 0.538. The molecule has 6 heteroatoms. The molecule has 1 aliphatic rings. The van der Waals surface area contributed by atoms with Crippen molar-refractivity contribution in [3.05, 3.63) is 60.4 Å². The van der Waals surface area contributed by atoms with Crippen LogP contribution in [0.1, 0.15) is 24.8 Å². The molecule has 1 aromatic carbocycles. The van der Waals surface area contributed by atoms with Crippen molar-refractivity contribution in [3.63, 3.8) is 0 Å². The van der Waals surface area contributed by atoms with Crippen molar-refractivity contribution < 1.29 is 0 Å². The first-order valence-electron chi connectivity index (χ1n) is 10.1. The molecule has 0 saturated carbocycles. The van der Waals surface area contributed by atoms with Crippen LogP contribution in [0.5, 0.6) is 0 Å². The molecular formula is C22H27N5S. The number of pyridine rings is 1. The molecule has 0 unspecified atom stereocenters. The molecule has 1 saturated heterocycles. The molecule has 146 valence electrons. The normalized spacial score (nSPS) is 15.0. The first-order chi connectivity index (χ1) is 13.9. The molecule has 4 rings (SSSR count). The van der Waals surface area contributed by atoms with Gasteiger partial charge in [-0.15, -0.1) is 10.2 Å². The number of hydrogen-bond acceptors (Lipinski definition) is 5. The molecule has 3 heterocycles. The third-order valence-corrected chi connectivity index (χ3v) is 6.14. The molecular weight excluding hydrogens is 366 g/mol. The number of aryl methyl sites for hydroxylation is 1. The lowest BCUT2D eigenvalue weighted by molar-refractivity contribution is 0.242. The number of nitrogens with zero attached hydrogens (tertiary/aromatic N) is 5. The van der Waals surface area contributed by atoms with Crippen LogP contribution in [-0.2, 0) is 13.0 Å². The highest BCUT2D eigenvalue weighted by atomic mass is 32.2. The summed E-state index contributed by atoms with van der Waals surface area (Å²) in [5.41, 5.74) is 2.35. The van der Waals surface area contributed by atoms with Gasteiger partial charge in [0.1, 0.15) is 0 Å². The minimum absolute atomic E-state index is 0.868. The standard InChI is InChI=1S/C22H27N5S/c1-3-8-19(9-4-1)11-15-27-21(20-10-7-12-23-18-20)24-25-22(27)28-17-16-26-13-5-2-6-14-26/h1,3-4,7-10,12,18H,2,5-6,11,13-17H2. The van der Waals surface area contributed by atoms with E-state index in [4.69, 9.17) is 0 Å². The van der Waals surface area contributed by atoms with Crippen LogP contribution in [0, 0.1) is 0 Å². The van der Waals surface area contributed by atoms with Crippen LogP contribution in [-0.4, -0.2) is 50.0 Å². The summed E-state index contributed by atoms with van der Waals surface area (Å²) in [5.74, 6) is 1.96. The zero-order valence-electron chi connectivity index (χ0n) is 16.2. The molecule has 28 heavy (non-hydrogen) atoms. The van der Waals surface area contributed by atoms with E-state index >= 15 is 0 Å². The Morgan fingerprint density at radius 2 is 1.75 bits per heavy atom. The smallest absolute Gasteiger partial charge is 0.191 e. The molecule has 1 fully saturated rings. The van der Waals surface area contributed by atoms with E-state index in [1.54, 1.807) is 6.20 Å². The van der Waals surface area contributed by atoms with Crippen molar-refractivity contribution in [2.24, 2.45) is 0 Å². The van der Waals surface area contributed by atoms with Gasteiger partial charge in [0.05, 0.1) is 0 Å². The van der Waals surface area contributed by atoms with Gasteiger partial charge in [-0.25, -0.2) is 0 Å². The van der Waals surface area contributed by atoms with Crippen LogP contribution in [0.15, 0.2) is 60.0 Å². The molecule has 0 bridgehead atoms. The monoisotopic (exact) mass is 393 g/mol. The molecule has 0 radical (unpaired) electrons. The molecule has 1 aliphatic heterocycles. The highest BCUT2D eigenvalue weighted by Gasteiger charge is 2.16. The number of aromatic nitrogens is 4. The van der Waals surface area contributed by atoms with E-state index in [2.05, 4.69) is 61.0 Å². The highest BCUT2D eigenvalue weighted by molar-refractivity contribution is 7.99. The third-order valence-electron chi connectivity index (χ3n) is 5.19. The molecule has 0 N–H and O–H groups in total. The molecule has 5 nitrogen and oxygen atoms in total. The van der Waals surface area contributed by atoms with E-state index in [1.165, 1.54) is 37.9 Å². The first kappa shape index (κ1) is 19.2. The largest absolute Gasteiger partial charge is 0.303 e. The number of rotatable bonds is 8. The first-order valence-corrected chi connectivity index (χ1v) is 11.1. The van der Waals surface area contributed by atoms with Gasteiger partial charge >= 0.3 is 0 Å². The van der Waals surface area contributed by atoms with E-state index in [1.807, 2.05) is 24.0 Å². The van der Waals surface area contributed by atoms with Gasteiger partial charge < -0.3 is 9.47 Å². The lowest BCUT2D eigenvalue weighted by Gasteiger charge is -2.25. The lowest BCUT2D eigenvalue weighted by Crippen LogP contribution is -2.31. The van der Waals surface area contributed by atoms with Gasteiger partial charge in [0.2, 0.25) is 0 Å². The van der Waals surface area contributed by atoms with Crippen LogP contribution in [0.3, 0.4) is 0 Å². The average Bonchev–Trinajstić information content (AvgIpc) is 3.17. The number of thioether (sulfide) groups is 1. The molecule has 0 atom stereocenters. The van der Waals surface area contributed by atoms with Crippen molar-refractivity contribution >= 4 is 11.8 Å². The summed E-state index contributed by atoms with van der Waals surface area (Å²) in [4.78, 5) is 6.83. The van der Waals surface area contributed by atoms with Gasteiger partial charge in [0, 0.05) is 36.8 Å². The number of piperidine rings is 1. The Bertz CT molecular complexity index is 844.